The van der Waals surface area contributed by atoms with Crippen LogP contribution in [0.4, 0.5) is 5.95 Å². The molecule has 3 atom stereocenters. The van der Waals surface area contributed by atoms with E-state index in [0.29, 0.717) is 6.04 Å². The normalized spacial score (nSPS) is 27.0. The molecule has 3 unspecified atom stereocenters. The summed E-state index contributed by atoms with van der Waals surface area (Å²) in [6.07, 6.45) is 10.2. The van der Waals surface area contributed by atoms with Crippen molar-refractivity contribution in [3.05, 3.63) is 11.9 Å². The molecule has 134 valence electrons. The molecule has 1 aromatic rings. The first kappa shape index (κ1) is 17.1. The van der Waals surface area contributed by atoms with E-state index in [0.717, 1.165) is 36.0 Å². The predicted molar refractivity (Wildman–Crippen MR) is 99.3 cm³/mol. The number of hydrogen-bond donors (Lipinski definition) is 2. The van der Waals surface area contributed by atoms with Crippen LogP contribution in [0.3, 0.4) is 0 Å². The molecule has 6 heteroatoms. The van der Waals surface area contributed by atoms with E-state index >= 15 is 0 Å². The topological polar surface area (TPSA) is 57.5 Å². The lowest BCUT2D eigenvalue weighted by molar-refractivity contribution is 0.239. The zero-order valence-corrected chi connectivity index (χ0v) is 15.5. The van der Waals surface area contributed by atoms with Gasteiger partial charge in [0, 0.05) is 34.2 Å². The van der Waals surface area contributed by atoms with E-state index in [9.17, 15) is 0 Å². The first-order chi connectivity index (χ1) is 11.6. The van der Waals surface area contributed by atoms with Gasteiger partial charge in [0.15, 0.2) is 5.96 Å². The number of anilines is 1. The van der Waals surface area contributed by atoms with Crippen LogP contribution < -0.4 is 15.5 Å². The minimum atomic E-state index is 0.569. The highest BCUT2D eigenvalue weighted by Gasteiger charge is 2.33. The van der Waals surface area contributed by atoms with E-state index in [1.54, 1.807) is 0 Å². The summed E-state index contributed by atoms with van der Waals surface area (Å²) in [6.45, 7) is 0.732. The fourth-order valence-corrected chi connectivity index (χ4v) is 4.41. The summed E-state index contributed by atoms with van der Waals surface area (Å²) in [5.74, 6) is 3.81. The fourth-order valence-electron chi connectivity index (χ4n) is 4.41. The summed E-state index contributed by atoms with van der Waals surface area (Å²) >= 11 is 0. The van der Waals surface area contributed by atoms with Crippen molar-refractivity contribution in [2.24, 2.45) is 23.9 Å². The number of guanidine groups is 1. The second-order valence-corrected chi connectivity index (χ2v) is 7.53. The summed E-state index contributed by atoms with van der Waals surface area (Å²) in [6, 6.07) is 0.569. The molecule has 2 N–H and O–H groups in total. The number of aliphatic imine (C=N–C) groups is 1. The van der Waals surface area contributed by atoms with Crippen molar-refractivity contribution >= 4 is 11.9 Å². The Morgan fingerprint density at radius 3 is 2.79 bits per heavy atom. The lowest BCUT2D eigenvalue weighted by atomic mass is 9.79. The highest BCUT2D eigenvalue weighted by atomic mass is 15.3. The molecule has 2 fully saturated rings. The largest absolute Gasteiger partial charge is 0.354 e. The number of aromatic nitrogens is 2. The first-order valence-electron chi connectivity index (χ1n) is 9.23. The van der Waals surface area contributed by atoms with Crippen molar-refractivity contribution in [1.82, 2.24) is 20.2 Å². The van der Waals surface area contributed by atoms with Crippen molar-refractivity contribution in [2.45, 2.75) is 51.1 Å². The van der Waals surface area contributed by atoms with Crippen LogP contribution in [0.1, 0.15) is 44.2 Å². The van der Waals surface area contributed by atoms with E-state index in [2.05, 4.69) is 32.2 Å². The van der Waals surface area contributed by atoms with Gasteiger partial charge in [0.05, 0.1) is 18.4 Å². The Morgan fingerprint density at radius 1 is 1.29 bits per heavy atom. The van der Waals surface area contributed by atoms with Crippen LogP contribution in [0.5, 0.6) is 0 Å². The van der Waals surface area contributed by atoms with Gasteiger partial charge in [-0.2, -0.15) is 0 Å². The van der Waals surface area contributed by atoms with Gasteiger partial charge in [0.1, 0.15) is 0 Å². The molecule has 0 amide bonds. The molecular formula is C18H32N6. The summed E-state index contributed by atoms with van der Waals surface area (Å²) < 4.78 is 2.12. The smallest absolute Gasteiger partial charge is 0.204 e. The van der Waals surface area contributed by atoms with Crippen molar-refractivity contribution in [3.8, 4) is 0 Å². The molecule has 0 saturated heterocycles. The molecular weight excluding hydrogens is 300 g/mol. The van der Waals surface area contributed by atoms with Gasteiger partial charge in [0.2, 0.25) is 5.95 Å². The van der Waals surface area contributed by atoms with Gasteiger partial charge in [-0.05, 0) is 31.1 Å². The minimum absolute atomic E-state index is 0.569. The molecule has 0 aliphatic heterocycles. The second kappa shape index (κ2) is 7.45. The van der Waals surface area contributed by atoms with Crippen LogP contribution in [0.25, 0.3) is 0 Å². The third-order valence-electron chi connectivity index (χ3n) is 5.75. The van der Waals surface area contributed by atoms with Crippen molar-refractivity contribution < 1.29 is 0 Å². The molecule has 6 nitrogen and oxygen atoms in total. The second-order valence-electron chi connectivity index (χ2n) is 7.53. The van der Waals surface area contributed by atoms with Crippen LogP contribution in [-0.2, 0) is 13.6 Å². The Labute approximate surface area is 145 Å². The molecule has 0 aromatic carbocycles. The molecule has 3 rings (SSSR count). The number of hydrogen-bond acceptors (Lipinski definition) is 3. The van der Waals surface area contributed by atoms with Crippen LogP contribution in [-0.4, -0.2) is 42.7 Å². The fraction of sp³-hybridized carbons (Fsp3) is 0.778. The summed E-state index contributed by atoms with van der Waals surface area (Å²) in [5, 5.41) is 7.08. The Balaban J connectivity index is 1.52. The molecule has 0 radical (unpaired) electrons. The Hall–Kier alpha value is -1.72. The molecule has 1 heterocycles. The minimum Gasteiger partial charge on any atom is -0.354 e. The average molecular weight is 332 g/mol. The SMILES string of the molecule is CN=C(NCc1cnc(N(C)C)n1C)NC1CCC2CCCC2C1. The summed E-state index contributed by atoms with van der Waals surface area (Å²) in [5.41, 5.74) is 1.15. The quantitative estimate of drug-likeness (QED) is 0.655. The van der Waals surface area contributed by atoms with Crippen LogP contribution in [0.2, 0.25) is 0 Å². The maximum absolute atomic E-state index is 4.46. The summed E-state index contributed by atoms with van der Waals surface area (Å²) in [7, 11) is 7.93. The number of nitrogens with one attached hydrogen (secondary N) is 2. The highest BCUT2D eigenvalue weighted by molar-refractivity contribution is 5.79. The van der Waals surface area contributed by atoms with E-state index in [1.807, 2.05) is 32.2 Å². The number of imidazole rings is 1. The first-order valence-corrected chi connectivity index (χ1v) is 9.23. The average Bonchev–Trinajstić information content (AvgIpc) is 3.17. The Bertz CT molecular complexity index is 576. The van der Waals surface area contributed by atoms with Gasteiger partial charge in [-0.25, -0.2) is 4.98 Å². The molecule has 24 heavy (non-hydrogen) atoms. The van der Waals surface area contributed by atoms with Crippen molar-refractivity contribution in [3.63, 3.8) is 0 Å². The Morgan fingerprint density at radius 2 is 2.08 bits per heavy atom. The molecule has 0 spiro atoms. The van der Waals surface area contributed by atoms with E-state index in [4.69, 9.17) is 0 Å². The van der Waals surface area contributed by atoms with Crippen molar-refractivity contribution in [1.29, 1.82) is 0 Å². The summed E-state index contributed by atoms with van der Waals surface area (Å²) in [4.78, 5) is 10.9. The molecule has 0 bridgehead atoms. The lowest BCUT2D eigenvalue weighted by Crippen LogP contribution is -2.45. The molecule has 2 aliphatic rings. The van der Waals surface area contributed by atoms with Crippen LogP contribution >= 0.6 is 0 Å². The van der Waals surface area contributed by atoms with Gasteiger partial charge < -0.3 is 20.1 Å². The third-order valence-corrected chi connectivity index (χ3v) is 5.75. The standard InChI is InChI=1S/C18H32N6/c1-19-17(20-11-16-12-21-18(23(2)3)24(16)4)22-15-9-8-13-6-5-7-14(13)10-15/h12-15H,5-11H2,1-4H3,(H2,19,20,22). The lowest BCUT2D eigenvalue weighted by Gasteiger charge is -2.33. The highest BCUT2D eigenvalue weighted by Crippen LogP contribution is 2.41. The maximum atomic E-state index is 4.46. The van der Waals surface area contributed by atoms with Gasteiger partial charge in [-0.15, -0.1) is 0 Å². The third kappa shape index (κ3) is 3.68. The van der Waals surface area contributed by atoms with E-state index < -0.39 is 0 Å². The zero-order chi connectivity index (χ0) is 17.1. The van der Waals surface area contributed by atoms with Crippen LogP contribution in [0.15, 0.2) is 11.2 Å². The Kier molecular flexibility index (Phi) is 5.31. The van der Waals surface area contributed by atoms with Crippen molar-refractivity contribution in [2.75, 3.05) is 26.0 Å². The van der Waals surface area contributed by atoms with Crippen LogP contribution in [0, 0.1) is 11.8 Å². The monoisotopic (exact) mass is 332 g/mol. The number of nitrogens with zero attached hydrogens (tertiary/aromatic N) is 4. The van der Waals surface area contributed by atoms with Gasteiger partial charge in [-0.1, -0.05) is 19.3 Å². The molecule has 1 aromatic heterocycles. The van der Waals surface area contributed by atoms with Gasteiger partial charge in [0.25, 0.3) is 0 Å². The van der Waals surface area contributed by atoms with Gasteiger partial charge in [-0.3, -0.25) is 4.99 Å². The number of fused-ring (bicyclic) bond motifs is 1. The maximum Gasteiger partial charge on any atom is 0.204 e. The van der Waals surface area contributed by atoms with E-state index in [1.165, 1.54) is 38.5 Å². The zero-order valence-electron chi connectivity index (χ0n) is 15.5. The predicted octanol–water partition coefficient (Wildman–Crippen LogP) is 2.12. The molecule has 2 saturated carbocycles. The van der Waals surface area contributed by atoms with E-state index in [-0.39, 0.29) is 0 Å². The van der Waals surface area contributed by atoms with Gasteiger partial charge >= 0.3 is 0 Å². The number of rotatable bonds is 4. The molecule has 2 aliphatic carbocycles.